The third-order valence-electron chi connectivity index (χ3n) is 1.85. The molecule has 0 fully saturated rings. The predicted molar refractivity (Wildman–Crippen MR) is 51.9 cm³/mol. The van der Waals surface area contributed by atoms with E-state index in [4.69, 9.17) is 11.6 Å². The van der Waals surface area contributed by atoms with Crippen LogP contribution in [0.4, 0.5) is 0 Å². The van der Waals surface area contributed by atoms with Crippen LogP contribution in [0.5, 0.6) is 0 Å². The monoisotopic (exact) mass is 228 g/mol. The van der Waals surface area contributed by atoms with Crippen molar-refractivity contribution in [3.05, 3.63) is 38.8 Å². The zero-order chi connectivity index (χ0) is 7.84. The van der Waals surface area contributed by atoms with Crippen LogP contribution in [0.25, 0.3) is 6.08 Å². The van der Waals surface area contributed by atoms with Gasteiger partial charge in [-0.25, -0.2) is 0 Å². The van der Waals surface area contributed by atoms with Crippen molar-refractivity contribution >= 4 is 33.6 Å². The van der Waals surface area contributed by atoms with Crippen molar-refractivity contribution in [2.24, 2.45) is 0 Å². The fourth-order valence-electron chi connectivity index (χ4n) is 1.29. The largest absolute Gasteiger partial charge is 0.0837 e. The van der Waals surface area contributed by atoms with Gasteiger partial charge in [-0.15, -0.1) is 0 Å². The molecule has 0 aliphatic heterocycles. The first-order valence-electron chi connectivity index (χ1n) is 3.42. The highest BCUT2D eigenvalue weighted by molar-refractivity contribution is 9.10. The van der Waals surface area contributed by atoms with Crippen LogP contribution in [0.2, 0.25) is 5.02 Å². The number of benzene rings is 1. The Labute approximate surface area is 79.0 Å². The molecule has 56 valence electrons. The van der Waals surface area contributed by atoms with Crippen molar-refractivity contribution in [2.75, 3.05) is 0 Å². The van der Waals surface area contributed by atoms with E-state index in [1.165, 1.54) is 11.1 Å². The smallest absolute Gasteiger partial charge is 0.0481 e. The maximum Gasteiger partial charge on any atom is 0.0481 e. The molecule has 0 unspecified atom stereocenters. The van der Waals surface area contributed by atoms with E-state index in [0.29, 0.717) is 0 Å². The molecule has 1 aromatic rings. The molecule has 0 amide bonds. The third-order valence-corrected chi connectivity index (χ3v) is 2.93. The maximum atomic E-state index is 5.97. The van der Waals surface area contributed by atoms with E-state index in [1.807, 2.05) is 12.1 Å². The summed E-state index contributed by atoms with van der Waals surface area (Å²) in [7, 11) is 0. The van der Waals surface area contributed by atoms with Crippen molar-refractivity contribution in [1.29, 1.82) is 0 Å². The Hall–Kier alpha value is -0.270. The van der Waals surface area contributed by atoms with Crippen LogP contribution < -0.4 is 0 Å². The number of hydrogen-bond acceptors (Lipinski definition) is 0. The molecule has 0 N–H and O–H groups in total. The minimum absolute atomic E-state index is 0.844. The molecule has 2 rings (SSSR count). The molecule has 1 aliphatic carbocycles. The lowest BCUT2D eigenvalue weighted by Gasteiger charge is -2.02. The number of allylic oxidation sites excluding steroid dienone is 1. The summed E-state index contributed by atoms with van der Waals surface area (Å²) in [6.07, 6.45) is 5.19. The molecule has 11 heavy (non-hydrogen) atoms. The van der Waals surface area contributed by atoms with Crippen molar-refractivity contribution in [2.45, 2.75) is 6.42 Å². The second-order valence-electron chi connectivity index (χ2n) is 2.53. The van der Waals surface area contributed by atoms with Crippen LogP contribution in [0, 0.1) is 0 Å². The number of rotatable bonds is 0. The van der Waals surface area contributed by atoms with Gasteiger partial charge in [0.05, 0.1) is 0 Å². The maximum absolute atomic E-state index is 5.97. The summed E-state index contributed by atoms with van der Waals surface area (Å²) in [6, 6.07) is 3.91. The molecule has 0 saturated carbocycles. The number of halogens is 2. The van der Waals surface area contributed by atoms with Gasteiger partial charge in [0.2, 0.25) is 0 Å². The fourth-order valence-corrected chi connectivity index (χ4v) is 2.04. The highest BCUT2D eigenvalue weighted by atomic mass is 79.9. The normalized spacial score (nSPS) is 13.6. The summed E-state index contributed by atoms with van der Waals surface area (Å²) in [4.78, 5) is 0. The molecule has 1 aromatic carbocycles. The Morgan fingerprint density at radius 2 is 2.18 bits per heavy atom. The predicted octanol–water partition coefficient (Wildman–Crippen LogP) is 3.67. The molecular weight excluding hydrogens is 223 g/mol. The summed E-state index contributed by atoms with van der Waals surface area (Å²) in [6.45, 7) is 0. The Kier molecular flexibility index (Phi) is 1.78. The van der Waals surface area contributed by atoms with Gasteiger partial charge in [0.15, 0.2) is 0 Å². The van der Waals surface area contributed by atoms with Crippen molar-refractivity contribution in [1.82, 2.24) is 0 Å². The van der Waals surface area contributed by atoms with Gasteiger partial charge in [0, 0.05) is 9.50 Å². The van der Waals surface area contributed by atoms with Gasteiger partial charge in [-0.2, -0.15) is 0 Å². The van der Waals surface area contributed by atoms with Gasteiger partial charge < -0.3 is 0 Å². The average molecular weight is 230 g/mol. The second kappa shape index (κ2) is 2.65. The van der Waals surface area contributed by atoms with Crippen LogP contribution in [0.1, 0.15) is 11.1 Å². The van der Waals surface area contributed by atoms with Gasteiger partial charge >= 0.3 is 0 Å². The highest BCUT2D eigenvalue weighted by Gasteiger charge is 2.11. The lowest BCUT2D eigenvalue weighted by Crippen LogP contribution is -1.83. The summed E-state index contributed by atoms with van der Waals surface area (Å²) in [5.41, 5.74) is 2.47. The quantitative estimate of drug-likeness (QED) is 0.637. The molecule has 0 radical (unpaired) electrons. The number of fused-ring (bicyclic) bond motifs is 1. The van der Waals surface area contributed by atoms with Crippen molar-refractivity contribution < 1.29 is 0 Å². The molecular formula is C9H6BrCl. The van der Waals surface area contributed by atoms with Crippen LogP contribution in [0.3, 0.4) is 0 Å². The first-order chi connectivity index (χ1) is 5.29. The van der Waals surface area contributed by atoms with E-state index in [0.717, 1.165) is 15.9 Å². The lowest BCUT2D eigenvalue weighted by molar-refractivity contribution is 1.29. The molecule has 0 saturated heterocycles. The van der Waals surface area contributed by atoms with Gasteiger partial charge in [-0.3, -0.25) is 0 Å². The highest BCUT2D eigenvalue weighted by Crippen LogP contribution is 2.32. The average Bonchev–Trinajstić information content (AvgIpc) is 2.45. The van der Waals surface area contributed by atoms with E-state index < -0.39 is 0 Å². The van der Waals surface area contributed by atoms with Crippen molar-refractivity contribution in [3.8, 4) is 0 Å². The summed E-state index contributed by atoms with van der Waals surface area (Å²) >= 11 is 9.45. The van der Waals surface area contributed by atoms with Crippen LogP contribution in [0.15, 0.2) is 22.7 Å². The molecule has 0 aromatic heterocycles. The molecule has 0 bridgehead atoms. The van der Waals surface area contributed by atoms with Crippen LogP contribution in [-0.4, -0.2) is 0 Å². The Morgan fingerprint density at radius 1 is 1.36 bits per heavy atom. The molecule has 0 heterocycles. The molecule has 0 spiro atoms. The molecule has 0 atom stereocenters. The van der Waals surface area contributed by atoms with Gasteiger partial charge in [-0.05, 0) is 29.7 Å². The minimum Gasteiger partial charge on any atom is -0.0837 e. The SMILES string of the molecule is Clc1ccc(Br)c2c1C=CC2. The first-order valence-corrected chi connectivity index (χ1v) is 4.59. The van der Waals surface area contributed by atoms with E-state index in [1.54, 1.807) is 0 Å². The molecule has 1 aliphatic rings. The lowest BCUT2D eigenvalue weighted by atomic mass is 10.1. The van der Waals surface area contributed by atoms with E-state index in [2.05, 4.69) is 28.1 Å². The Bertz CT molecular complexity index is 329. The third kappa shape index (κ3) is 1.13. The minimum atomic E-state index is 0.844. The van der Waals surface area contributed by atoms with Gasteiger partial charge in [0.1, 0.15) is 0 Å². The first kappa shape index (κ1) is 7.38. The standard InChI is InChI=1S/C9H6BrCl/c10-8-4-5-9(11)7-3-1-2-6(7)8/h1,3-5H,2H2. The van der Waals surface area contributed by atoms with Crippen molar-refractivity contribution in [3.63, 3.8) is 0 Å². The zero-order valence-corrected chi connectivity index (χ0v) is 8.11. The van der Waals surface area contributed by atoms with E-state index in [-0.39, 0.29) is 0 Å². The Balaban J connectivity index is 2.71. The van der Waals surface area contributed by atoms with E-state index >= 15 is 0 Å². The Morgan fingerprint density at radius 3 is 2.91 bits per heavy atom. The van der Waals surface area contributed by atoms with Gasteiger partial charge in [-0.1, -0.05) is 39.7 Å². The van der Waals surface area contributed by atoms with E-state index in [9.17, 15) is 0 Å². The fraction of sp³-hybridized carbons (Fsp3) is 0.111. The summed E-state index contributed by atoms with van der Waals surface area (Å²) in [5.74, 6) is 0. The second-order valence-corrected chi connectivity index (χ2v) is 3.79. The summed E-state index contributed by atoms with van der Waals surface area (Å²) in [5, 5.41) is 0.844. The topological polar surface area (TPSA) is 0 Å². The summed E-state index contributed by atoms with van der Waals surface area (Å²) < 4.78 is 1.15. The van der Waals surface area contributed by atoms with Crippen LogP contribution >= 0.6 is 27.5 Å². The van der Waals surface area contributed by atoms with Crippen LogP contribution in [-0.2, 0) is 6.42 Å². The van der Waals surface area contributed by atoms with Gasteiger partial charge in [0.25, 0.3) is 0 Å². The zero-order valence-electron chi connectivity index (χ0n) is 5.77. The molecule has 2 heteroatoms. The molecule has 0 nitrogen and oxygen atoms in total. The number of hydrogen-bond donors (Lipinski definition) is 0.